The van der Waals surface area contributed by atoms with Crippen LogP contribution in [-0.2, 0) is 0 Å². The molecule has 2 aromatic carbocycles. The van der Waals surface area contributed by atoms with Crippen LogP contribution in [0, 0.1) is 10.5 Å². The molecule has 0 amide bonds. The van der Waals surface area contributed by atoms with E-state index in [9.17, 15) is 4.79 Å². The van der Waals surface area contributed by atoms with Crippen LogP contribution in [0.3, 0.4) is 0 Å². The SMILES string of the molecule is Cc1nc(N)nc(NC(C)c2nc3cccc(Cl)c3c(=O)n2-c2ccccc2)c1I. The lowest BCUT2D eigenvalue weighted by Gasteiger charge is -2.21. The molecule has 4 aromatic rings. The van der Waals surface area contributed by atoms with Crippen molar-refractivity contribution in [3.8, 4) is 5.69 Å². The minimum Gasteiger partial charge on any atom is -0.368 e. The van der Waals surface area contributed by atoms with E-state index in [1.165, 1.54) is 0 Å². The molecule has 2 heterocycles. The summed E-state index contributed by atoms with van der Waals surface area (Å²) in [5.41, 5.74) is 7.61. The average molecular weight is 533 g/mol. The van der Waals surface area contributed by atoms with E-state index in [-0.39, 0.29) is 17.5 Å². The third kappa shape index (κ3) is 3.72. The first kappa shape index (κ1) is 20.5. The molecule has 2 aromatic heterocycles. The highest BCUT2D eigenvalue weighted by atomic mass is 127. The van der Waals surface area contributed by atoms with Crippen molar-refractivity contribution in [3.63, 3.8) is 0 Å². The highest BCUT2D eigenvalue weighted by Gasteiger charge is 2.21. The maximum Gasteiger partial charge on any atom is 0.267 e. The lowest BCUT2D eigenvalue weighted by Crippen LogP contribution is -2.27. The van der Waals surface area contributed by atoms with Crippen LogP contribution in [0.25, 0.3) is 16.6 Å². The molecule has 7 nitrogen and oxygen atoms in total. The third-order valence-electron chi connectivity index (χ3n) is 4.66. The van der Waals surface area contributed by atoms with Gasteiger partial charge in [0, 0.05) is 0 Å². The molecule has 0 bridgehead atoms. The monoisotopic (exact) mass is 532 g/mol. The highest BCUT2D eigenvalue weighted by molar-refractivity contribution is 14.1. The summed E-state index contributed by atoms with van der Waals surface area (Å²) in [4.78, 5) is 26.7. The van der Waals surface area contributed by atoms with E-state index in [4.69, 9.17) is 22.3 Å². The topological polar surface area (TPSA) is 98.7 Å². The molecular weight excluding hydrogens is 515 g/mol. The van der Waals surface area contributed by atoms with Gasteiger partial charge in [0.2, 0.25) is 5.95 Å². The van der Waals surface area contributed by atoms with Gasteiger partial charge < -0.3 is 11.1 Å². The lowest BCUT2D eigenvalue weighted by molar-refractivity contribution is 0.730. The van der Waals surface area contributed by atoms with Gasteiger partial charge in [0.25, 0.3) is 5.56 Å². The number of hydrogen-bond acceptors (Lipinski definition) is 6. The van der Waals surface area contributed by atoms with E-state index in [2.05, 4.69) is 37.9 Å². The fourth-order valence-electron chi connectivity index (χ4n) is 3.27. The van der Waals surface area contributed by atoms with Gasteiger partial charge in [0.1, 0.15) is 11.6 Å². The summed E-state index contributed by atoms with van der Waals surface area (Å²) in [5.74, 6) is 1.31. The molecule has 1 atom stereocenters. The second kappa shape index (κ2) is 8.19. The summed E-state index contributed by atoms with van der Waals surface area (Å²) < 4.78 is 2.43. The van der Waals surface area contributed by atoms with E-state index >= 15 is 0 Å². The molecule has 30 heavy (non-hydrogen) atoms. The van der Waals surface area contributed by atoms with Crippen LogP contribution >= 0.6 is 34.2 Å². The van der Waals surface area contributed by atoms with Gasteiger partial charge in [-0.05, 0) is 60.7 Å². The van der Waals surface area contributed by atoms with Crippen LogP contribution in [-0.4, -0.2) is 19.5 Å². The van der Waals surface area contributed by atoms with Crippen LogP contribution < -0.4 is 16.6 Å². The Labute approximate surface area is 191 Å². The Bertz CT molecular complexity index is 1310. The molecule has 1 unspecified atom stereocenters. The molecule has 9 heteroatoms. The predicted octanol–water partition coefficient (Wildman–Crippen LogP) is 4.50. The van der Waals surface area contributed by atoms with Crippen molar-refractivity contribution in [2.75, 3.05) is 11.1 Å². The summed E-state index contributed by atoms with van der Waals surface area (Å²) in [6.07, 6.45) is 0. The smallest absolute Gasteiger partial charge is 0.267 e. The first-order chi connectivity index (χ1) is 14.4. The molecule has 0 aliphatic carbocycles. The predicted molar refractivity (Wildman–Crippen MR) is 128 cm³/mol. The molecule has 152 valence electrons. The van der Waals surface area contributed by atoms with Crippen molar-refractivity contribution < 1.29 is 0 Å². The van der Waals surface area contributed by atoms with Crippen LogP contribution in [0.1, 0.15) is 24.5 Å². The number of halogens is 2. The molecule has 4 rings (SSSR count). The van der Waals surface area contributed by atoms with Crippen molar-refractivity contribution in [3.05, 3.63) is 79.0 Å². The normalized spacial score (nSPS) is 12.1. The lowest BCUT2D eigenvalue weighted by atomic mass is 10.2. The maximum absolute atomic E-state index is 13.5. The van der Waals surface area contributed by atoms with Crippen molar-refractivity contribution in [1.29, 1.82) is 0 Å². The summed E-state index contributed by atoms with van der Waals surface area (Å²) >= 11 is 8.51. The second-order valence-corrected chi connectivity index (χ2v) is 8.26. The standard InChI is InChI=1S/C21H18ClIN6O/c1-11-17(23)18(28-21(24)26-11)25-12(2)19-27-15-10-6-9-14(22)16(15)20(30)29(19)13-7-4-3-5-8-13/h3-10,12H,1-2H3,(H3,24,25,26,28). The van der Waals surface area contributed by atoms with Gasteiger partial charge in [-0.3, -0.25) is 9.36 Å². The quantitative estimate of drug-likeness (QED) is 0.376. The molecule has 0 saturated carbocycles. The van der Waals surface area contributed by atoms with Gasteiger partial charge in [-0.25, -0.2) is 9.97 Å². The number of fused-ring (bicyclic) bond motifs is 1. The van der Waals surface area contributed by atoms with Crippen LogP contribution in [0.5, 0.6) is 0 Å². The van der Waals surface area contributed by atoms with Gasteiger partial charge in [-0.1, -0.05) is 35.9 Å². The zero-order valence-electron chi connectivity index (χ0n) is 16.2. The number of nitrogens with two attached hydrogens (primary N) is 1. The van der Waals surface area contributed by atoms with Gasteiger partial charge in [-0.15, -0.1) is 0 Å². The average Bonchev–Trinajstić information content (AvgIpc) is 2.72. The Balaban J connectivity index is 1.93. The van der Waals surface area contributed by atoms with E-state index in [0.29, 0.717) is 33.3 Å². The molecule has 0 saturated heterocycles. The number of anilines is 2. The summed E-state index contributed by atoms with van der Waals surface area (Å²) in [6.45, 7) is 3.78. The summed E-state index contributed by atoms with van der Waals surface area (Å²) in [6, 6.07) is 14.3. The zero-order chi connectivity index (χ0) is 21.4. The van der Waals surface area contributed by atoms with Gasteiger partial charge in [0.05, 0.1) is 36.9 Å². The Morgan fingerprint density at radius 3 is 2.57 bits per heavy atom. The van der Waals surface area contributed by atoms with Crippen molar-refractivity contribution in [1.82, 2.24) is 19.5 Å². The molecule has 0 fully saturated rings. The molecule has 3 N–H and O–H groups in total. The van der Waals surface area contributed by atoms with E-state index in [0.717, 1.165) is 9.26 Å². The first-order valence-electron chi connectivity index (χ1n) is 9.19. The number of nitrogens with one attached hydrogen (secondary N) is 1. The number of nitrogens with zero attached hydrogens (tertiary/aromatic N) is 4. The van der Waals surface area contributed by atoms with Crippen LogP contribution in [0.15, 0.2) is 53.3 Å². The van der Waals surface area contributed by atoms with Gasteiger partial charge in [-0.2, -0.15) is 4.98 Å². The largest absolute Gasteiger partial charge is 0.368 e. The maximum atomic E-state index is 13.5. The molecule has 0 radical (unpaired) electrons. The number of aromatic nitrogens is 4. The minimum atomic E-state index is -0.358. The minimum absolute atomic E-state index is 0.182. The Morgan fingerprint density at radius 2 is 1.83 bits per heavy atom. The number of nitrogen functional groups attached to an aromatic ring is 1. The number of hydrogen-bond donors (Lipinski definition) is 2. The Kier molecular flexibility index (Phi) is 5.61. The van der Waals surface area contributed by atoms with E-state index in [1.54, 1.807) is 22.8 Å². The van der Waals surface area contributed by atoms with Crippen molar-refractivity contribution in [2.24, 2.45) is 0 Å². The zero-order valence-corrected chi connectivity index (χ0v) is 19.1. The van der Waals surface area contributed by atoms with Gasteiger partial charge in [0.15, 0.2) is 0 Å². The molecular formula is C21H18ClIN6O. The van der Waals surface area contributed by atoms with Crippen LogP contribution in [0.4, 0.5) is 11.8 Å². The third-order valence-corrected chi connectivity index (χ3v) is 6.27. The molecule has 0 aliphatic heterocycles. The first-order valence-corrected chi connectivity index (χ1v) is 10.6. The van der Waals surface area contributed by atoms with E-state index in [1.807, 2.05) is 44.2 Å². The second-order valence-electron chi connectivity index (χ2n) is 6.78. The number of benzene rings is 2. The Morgan fingerprint density at radius 1 is 1.10 bits per heavy atom. The molecule has 0 spiro atoms. The molecule has 0 aliphatic rings. The summed E-state index contributed by atoms with van der Waals surface area (Å²) in [5, 5.41) is 4.09. The van der Waals surface area contributed by atoms with E-state index < -0.39 is 0 Å². The van der Waals surface area contributed by atoms with Crippen molar-refractivity contribution >= 4 is 56.9 Å². The number of para-hydroxylation sites is 1. The van der Waals surface area contributed by atoms with Crippen LogP contribution in [0.2, 0.25) is 5.02 Å². The van der Waals surface area contributed by atoms with Crippen molar-refractivity contribution in [2.45, 2.75) is 19.9 Å². The fraction of sp³-hybridized carbons (Fsp3) is 0.143. The number of aryl methyl sites for hydroxylation is 1. The fourth-order valence-corrected chi connectivity index (χ4v) is 3.92. The van der Waals surface area contributed by atoms with Gasteiger partial charge >= 0.3 is 0 Å². The highest BCUT2D eigenvalue weighted by Crippen LogP contribution is 2.26. The number of rotatable bonds is 4. The Hall–Kier alpha value is -2.72. The summed E-state index contributed by atoms with van der Waals surface area (Å²) in [7, 11) is 0.